The molecule has 0 bridgehead atoms. The number of para-hydroxylation sites is 1. The molecule has 2 atom stereocenters. The van der Waals surface area contributed by atoms with Crippen LogP contribution in [0.4, 0.5) is 11.4 Å². The van der Waals surface area contributed by atoms with E-state index >= 15 is 0 Å². The zero-order valence-corrected chi connectivity index (χ0v) is 14.0. The highest BCUT2D eigenvalue weighted by molar-refractivity contribution is 5.93. The number of hydrogen-bond donors (Lipinski definition) is 1. The van der Waals surface area contributed by atoms with Crippen molar-refractivity contribution in [2.24, 2.45) is 5.92 Å². The molecule has 0 heterocycles. The van der Waals surface area contributed by atoms with Crippen molar-refractivity contribution in [3.63, 3.8) is 0 Å². The Morgan fingerprint density at radius 2 is 1.80 bits per heavy atom. The minimum Gasteiger partial charge on any atom is -0.326 e. The maximum atomic E-state index is 12.8. The number of benzene rings is 2. The van der Waals surface area contributed by atoms with Crippen LogP contribution in [0.25, 0.3) is 0 Å². The van der Waals surface area contributed by atoms with E-state index < -0.39 is 4.92 Å². The van der Waals surface area contributed by atoms with E-state index in [0.29, 0.717) is 6.42 Å². The van der Waals surface area contributed by atoms with Crippen LogP contribution in [0, 0.1) is 16.0 Å². The molecule has 3 rings (SSSR count). The lowest BCUT2D eigenvalue weighted by Crippen LogP contribution is -2.30. The summed E-state index contributed by atoms with van der Waals surface area (Å²) in [4.78, 5) is 23.2. The third-order valence-electron chi connectivity index (χ3n) is 4.66. The zero-order valence-electron chi connectivity index (χ0n) is 14.0. The molecule has 0 fully saturated rings. The predicted octanol–water partition coefficient (Wildman–Crippen LogP) is 4.67. The highest BCUT2D eigenvalue weighted by Crippen LogP contribution is 2.38. The van der Waals surface area contributed by atoms with Crippen LogP contribution in [-0.4, -0.2) is 10.8 Å². The summed E-state index contributed by atoms with van der Waals surface area (Å²) in [7, 11) is 0. The quantitative estimate of drug-likeness (QED) is 0.501. The van der Waals surface area contributed by atoms with Gasteiger partial charge in [0.15, 0.2) is 0 Å². The molecule has 1 aliphatic carbocycles. The van der Waals surface area contributed by atoms with Gasteiger partial charge in [-0.1, -0.05) is 42.0 Å². The van der Waals surface area contributed by atoms with Crippen molar-refractivity contribution in [3.05, 3.63) is 81.9 Å². The number of carbonyl (C=O) groups excluding carboxylic acids is 1. The highest BCUT2D eigenvalue weighted by Gasteiger charge is 2.32. The molecular formula is C20H20N2O3. The number of nitrogens with zero attached hydrogens (tertiary/aromatic N) is 1. The van der Waals surface area contributed by atoms with Crippen LogP contribution in [-0.2, 0) is 4.79 Å². The maximum absolute atomic E-state index is 12.8. The smallest absolute Gasteiger partial charge is 0.269 e. The number of allylic oxidation sites excluding steroid dienone is 2. The molecule has 1 aliphatic rings. The monoisotopic (exact) mass is 336 g/mol. The summed E-state index contributed by atoms with van der Waals surface area (Å²) in [6.45, 7) is 2.06. The standard InChI is InChI=1S/C20H20N2O3/c1-14-7-12-18(20(23)21-16-5-3-2-4-6-16)19(13-14)15-8-10-17(11-9-15)22(24)25/h2-11,18-19H,12-13H2,1H3,(H,21,23)/t18-,19+/m0/s1. The lowest BCUT2D eigenvalue weighted by atomic mass is 9.75. The SMILES string of the molecule is CC1=CC[C@H](C(=O)Nc2ccccc2)[C@@H](c2ccc([N+](=O)[O-])cc2)C1. The Morgan fingerprint density at radius 3 is 2.44 bits per heavy atom. The largest absolute Gasteiger partial charge is 0.326 e. The Kier molecular flexibility index (Phi) is 4.93. The van der Waals surface area contributed by atoms with Gasteiger partial charge in [-0.3, -0.25) is 14.9 Å². The van der Waals surface area contributed by atoms with Crippen LogP contribution in [0.15, 0.2) is 66.2 Å². The van der Waals surface area contributed by atoms with E-state index in [1.165, 1.54) is 17.7 Å². The highest BCUT2D eigenvalue weighted by atomic mass is 16.6. The van der Waals surface area contributed by atoms with Crippen LogP contribution in [0.5, 0.6) is 0 Å². The third-order valence-corrected chi connectivity index (χ3v) is 4.66. The van der Waals surface area contributed by atoms with Gasteiger partial charge in [0.2, 0.25) is 5.91 Å². The van der Waals surface area contributed by atoms with Crippen molar-refractivity contribution >= 4 is 17.3 Å². The molecule has 1 amide bonds. The molecule has 0 saturated carbocycles. The van der Waals surface area contributed by atoms with Crippen molar-refractivity contribution in [2.75, 3.05) is 5.32 Å². The molecule has 2 aromatic carbocycles. The van der Waals surface area contributed by atoms with Crippen molar-refractivity contribution in [2.45, 2.75) is 25.7 Å². The second-order valence-electron chi connectivity index (χ2n) is 6.41. The zero-order chi connectivity index (χ0) is 17.8. The van der Waals surface area contributed by atoms with Crippen LogP contribution in [0.1, 0.15) is 31.2 Å². The van der Waals surface area contributed by atoms with Gasteiger partial charge in [0.05, 0.1) is 4.92 Å². The lowest BCUT2D eigenvalue weighted by molar-refractivity contribution is -0.384. The average Bonchev–Trinajstić information content (AvgIpc) is 2.62. The van der Waals surface area contributed by atoms with Gasteiger partial charge in [-0.25, -0.2) is 0 Å². The Labute approximate surface area is 146 Å². The molecule has 0 aliphatic heterocycles. The van der Waals surface area contributed by atoms with E-state index in [1.54, 1.807) is 12.1 Å². The van der Waals surface area contributed by atoms with Gasteiger partial charge in [0, 0.05) is 23.7 Å². The van der Waals surface area contributed by atoms with E-state index in [2.05, 4.69) is 18.3 Å². The predicted molar refractivity (Wildman–Crippen MR) is 97.4 cm³/mol. The van der Waals surface area contributed by atoms with Gasteiger partial charge in [-0.05, 0) is 43.4 Å². The molecule has 1 N–H and O–H groups in total. The Bertz CT molecular complexity index is 797. The summed E-state index contributed by atoms with van der Waals surface area (Å²) >= 11 is 0. The molecule has 0 spiro atoms. The van der Waals surface area contributed by atoms with Gasteiger partial charge in [-0.15, -0.1) is 0 Å². The van der Waals surface area contributed by atoms with E-state index in [-0.39, 0.29) is 23.4 Å². The lowest BCUT2D eigenvalue weighted by Gasteiger charge is -2.30. The summed E-state index contributed by atoms with van der Waals surface area (Å²) in [6, 6.07) is 16.0. The van der Waals surface area contributed by atoms with Crippen molar-refractivity contribution < 1.29 is 9.72 Å². The number of amides is 1. The number of non-ortho nitro benzene ring substituents is 1. The second-order valence-corrected chi connectivity index (χ2v) is 6.41. The minimum absolute atomic E-state index is 0.0155. The molecule has 0 radical (unpaired) electrons. The molecule has 0 unspecified atom stereocenters. The van der Waals surface area contributed by atoms with E-state index in [1.807, 2.05) is 30.3 Å². The number of anilines is 1. The summed E-state index contributed by atoms with van der Waals surface area (Å²) < 4.78 is 0. The first-order valence-electron chi connectivity index (χ1n) is 8.30. The van der Waals surface area contributed by atoms with Gasteiger partial charge >= 0.3 is 0 Å². The maximum Gasteiger partial charge on any atom is 0.269 e. The topological polar surface area (TPSA) is 72.2 Å². The van der Waals surface area contributed by atoms with Gasteiger partial charge in [0.1, 0.15) is 0 Å². The van der Waals surface area contributed by atoms with Crippen molar-refractivity contribution in [3.8, 4) is 0 Å². The fourth-order valence-corrected chi connectivity index (χ4v) is 3.30. The number of nitrogens with one attached hydrogen (secondary N) is 1. The van der Waals surface area contributed by atoms with Crippen molar-refractivity contribution in [1.29, 1.82) is 0 Å². The Balaban J connectivity index is 1.83. The van der Waals surface area contributed by atoms with Gasteiger partial charge in [0.25, 0.3) is 5.69 Å². The van der Waals surface area contributed by atoms with E-state index in [4.69, 9.17) is 0 Å². The molecule has 5 nitrogen and oxygen atoms in total. The fourth-order valence-electron chi connectivity index (χ4n) is 3.30. The number of carbonyl (C=O) groups is 1. The Hall–Kier alpha value is -2.95. The fraction of sp³-hybridized carbons (Fsp3) is 0.250. The minimum atomic E-state index is -0.407. The molecule has 0 aromatic heterocycles. The van der Waals surface area contributed by atoms with Gasteiger partial charge < -0.3 is 5.32 Å². The molecule has 2 aromatic rings. The van der Waals surface area contributed by atoms with Crippen LogP contribution >= 0.6 is 0 Å². The van der Waals surface area contributed by atoms with Crippen LogP contribution in [0.2, 0.25) is 0 Å². The number of nitro benzene ring substituents is 1. The summed E-state index contributed by atoms with van der Waals surface area (Å²) in [6.07, 6.45) is 3.56. The first-order chi connectivity index (χ1) is 12.0. The number of hydrogen-bond acceptors (Lipinski definition) is 3. The van der Waals surface area contributed by atoms with Crippen molar-refractivity contribution in [1.82, 2.24) is 0 Å². The molecular weight excluding hydrogens is 316 g/mol. The normalized spacial score (nSPS) is 19.8. The number of nitro groups is 1. The molecule has 0 saturated heterocycles. The van der Waals surface area contributed by atoms with E-state index in [0.717, 1.165) is 17.7 Å². The second kappa shape index (κ2) is 7.30. The molecule has 5 heteroatoms. The molecule has 25 heavy (non-hydrogen) atoms. The third kappa shape index (κ3) is 3.94. The summed E-state index contributed by atoms with van der Waals surface area (Å²) in [5, 5.41) is 13.8. The number of rotatable bonds is 4. The first kappa shape index (κ1) is 16.9. The van der Waals surface area contributed by atoms with Crippen LogP contribution < -0.4 is 5.32 Å². The molecule has 128 valence electrons. The van der Waals surface area contributed by atoms with E-state index in [9.17, 15) is 14.9 Å². The van der Waals surface area contributed by atoms with Gasteiger partial charge in [-0.2, -0.15) is 0 Å². The summed E-state index contributed by atoms with van der Waals surface area (Å²) in [5.74, 6) is -0.182. The first-order valence-corrected chi connectivity index (χ1v) is 8.30. The van der Waals surface area contributed by atoms with Crippen LogP contribution in [0.3, 0.4) is 0 Å². The summed E-state index contributed by atoms with van der Waals surface area (Å²) in [5.41, 5.74) is 3.05. The average molecular weight is 336 g/mol. The Morgan fingerprint density at radius 1 is 1.12 bits per heavy atom.